The van der Waals surface area contributed by atoms with Crippen molar-refractivity contribution in [3.8, 4) is 0 Å². The van der Waals surface area contributed by atoms with Crippen LogP contribution in [-0.2, 0) is 0 Å². The molecule has 0 saturated heterocycles. The highest BCUT2D eigenvalue weighted by molar-refractivity contribution is 6.20. The van der Waals surface area contributed by atoms with Gasteiger partial charge in [0.15, 0.2) is 0 Å². The molecule has 2 heteroatoms. The molecule has 0 heterocycles. The second kappa shape index (κ2) is 5.50. The first kappa shape index (κ1) is 12.5. The molecule has 1 atom stereocenters. The van der Waals surface area contributed by atoms with Crippen molar-refractivity contribution in [1.29, 1.82) is 0 Å². The van der Waals surface area contributed by atoms with E-state index in [1.165, 1.54) is 0 Å². The van der Waals surface area contributed by atoms with Gasteiger partial charge in [-0.3, -0.25) is 0 Å². The maximum Gasteiger partial charge on any atom is 0.129 e. The molecule has 0 amide bonds. The van der Waals surface area contributed by atoms with E-state index in [1.54, 1.807) is 13.8 Å². The van der Waals surface area contributed by atoms with E-state index in [0.717, 1.165) is 24.8 Å². The van der Waals surface area contributed by atoms with Crippen LogP contribution in [0.5, 0.6) is 0 Å². The van der Waals surface area contributed by atoms with E-state index in [9.17, 15) is 4.39 Å². The first-order valence-electron chi connectivity index (χ1n) is 5.47. The largest absolute Gasteiger partial charge is 0.206 e. The third-order valence-corrected chi connectivity index (χ3v) is 3.10. The second-order valence-corrected chi connectivity index (χ2v) is 4.61. The molecule has 0 radical (unpaired) electrons. The number of alkyl halides is 1. The van der Waals surface area contributed by atoms with E-state index in [4.69, 9.17) is 11.6 Å². The van der Waals surface area contributed by atoms with Gasteiger partial charge in [0.25, 0.3) is 0 Å². The van der Waals surface area contributed by atoms with Crippen molar-refractivity contribution in [2.45, 2.75) is 45.4 Å². The lowest BCUT2D eigenvalue weighted by molar-refractivity contribution is 0.606. The molecule has 0 N–H and O–H groups in total. The van der Waals surface area contributed by atoms with Gasteiger partial charge in [0.2, 0.25) is 0 Å². The molecule has 1 rings (SSSR count). The summed E-state index contributed by atoms with van der Waals surface area (Å²) < 4.78 is 13.4. The maximum absolute atomic E-state index is 13.4. The molecule has 0 saturated carbocycles. The van der Waals surface area contributed by atoms with E-state index in [2.05, 4.69) is 6.92 Å². The molecule has 1 aromatic carbocycles. The van der Waals surface area contributed by atoms with Gasteiger partial charge in [0.05, 0.1) is 5.38 Å². The van der Waals surface area contributed by atoms with Crippen LogP contribution in [0.1, 0.15) is 48.3 Å². The molecule has 0 aromatic heterocycles. The summed E-state index contributed by atoms with van der Waals surface area (Å²) in [6.45, 7) is 5.72. The summed E-state index contributed by atoms with van der Waals surface area (Å²) in [6, 6.07) is 3.71. The maximum atomic E-state index is 13.4. The Kier molecular flexibility index (Phi) is 4.59. The van der Waals surface area contributed by atoms with Crippen LogP contribution in [0.15, 0.2) is 12.1 Å². The number of rotatable bonds is 4. The van der Waals surface area contributed by atoms with Crippen LogP contribution in [-0.4, -0.2) is 0 Å². The summed E-state index contributed by atoms with van der Waals surface area (Å²) in [5.74, 6) is -0.113. The predicted molar refractivity (Wildman–Crippen MR) is 64.0 cm³/mol. The van der Waals surface area contributed by atoms with Crippen LogP contribution in [0.3, 0.4) is 0 Å². The Labute approximate surface area is 96.5 Å². The van der Waals surface area contributed by atoms with Crippen molar-refractivity contribution < 1.29 is 4.39 Å². The van der Waals surface area contributed by atoms with Gasteiger partial charge in [-0.2, -0.15) is 0 Å². The Hall–Kier alpha value is -0.560. The third-order valence-electron chi connectivity index (χ3n) is 2.63. The Morgan fingerprint density at radius 3 is 2.27 bits per heavy atom. The van der Waals surface area contributed by atoms with Crippen LogP contribution in [0.4, 0.5) is 4.39 Å². The minimum absolute atomic E-state index is 0.0166. The lowest BCUT2D eigenvalue weighted by Crippen LogP contribution is -1.96. The normalized spacial score (nSPS) is 12.9. The van der Waals surface area contributed by atoms with E-state index in [-0.39, 0.29) is 11.2 Å². The SMILES string of the molecule is CCCCC(Cl)c1cc(C)c(F)c(C)c1. The van der Waals surface area contributed by atoms with E-state index in [0.29, 0.717) is 11.1 Å². The Morgan fingerprint density at radius 2 is 1.80 bits per heavy atom. The van der Waals surface area contributed by atoms with Crippen LogP contribution in [0.25, 0.3) is 0 Å². The highest BCUT2D eigenvalue weighted by Gasteiger charge is 2.11. The summed E-state index contributed by atoms with van der Waals surface area (Å²) in [5.41, 5.74) is 2.42. The van der Waals surface area contributed by atoms with Crippen molar-refractivity contribution in [2.24, 2.45) is 0 Å². The molecular formula is C13H18ClF. The van der Waals surface area contributed by atoms with Crippen LogP contribution in [0.2, 0.25) is 0 Å². The summed E-state index contributed by atoms with van der Waals surface area (Å²) in [5, 5.41) is 0.0166. The highest BCUT2D eigenvalue weighted by atomic mass is 35.5. The minimum Gasteiger partial charge on any atom is -0.206 e. The second-order valence-electron chi connectivity index (χ2n) is 4.08. The monoisotopic (exact) mass is 228 g/mol. The van der Waals surface area contributed by atoms with Crippen molar-refractivity contribution in [3.63, 3.8) is 0 Å². The van der Waals surface area contributed by atoms with Crippen LogP contribution < -0.4 is 0 Å². The molecule has 1 unspecified atom stereocenters. The molecular weight excluding hydrogens is 211 g/mol. The first-order valence-corrected chi connectivity index (χ1v) is 5.90. The zero-order chi connectivity index (χ0) is 11.4. The van der Waals surface area contributed by atoms with Gasteiger partial charge >= 0.3 is 0 Å². The number of unbranched alkanes of at least 4 members (excludes halogenated alkanes) is 1. The van der Waals surface area contributed by atoms with E-state index >= 15 is 0 Å². The topological polar surface area (TPSA) is 0 Å². The van der Waals surface area contributed by atoms with E-state index < -0.39 is 0 Å². The molecule has 0 aliphatic carbocycles. The Morgan fingerprint density at radius 1 is 1.27 bits per heavy atom. The molecule has 0 bridgehead atoms. The Bertz CT molecular complexity index is 310. The predicted octanol–water partition coefficient (Wildman–Crippen LogP) is 4.91. The van der Waals surface area contributed by atoms with Crippen molar-refractivity contribution in [2.75, 3.05) is 0 Å². The van der Waals surface area contributed by atoms with Gasteiger partial charge in [-0.05, 0) is 37.0 Å². The molecule has 0 fully saturated rings. The van der Waals surface area contributed by atoms with Gasteiger partial charge in [-0.15, -0.1) is 11.6 Å². The number of hydrogen-bond acceptors (Lipinski definition) is 0. The van der Waals surface area contributed by atoms with Crippen LogP contribution in [0, 0.1) is 19.7 Å². The van der Waals surface area contributed by atoms with Gasteiger partial charge in [-0.1, -0.05) is 31.9 Å². The molecule has 84 valence electrons. The standard InChI is InChI=1S/C13H18ClF/c1-4-5-6-12(14)11-7-9(2)13(15)10(3)8-11/h7-8,12H,4-6H2,1-3H3. The molecule has 0 aliphatic rings. The lowest BCUT2D eigenvalue weighted by atomic mass is 10.0. The molecule has 0 aliphatic heterocycles. The highest BCUT2D eigenvalue weighted by Crippen LogP contribution is 2.28. The van der Waals surface area contributed by atoms with Crippen LogP contribution >= 0.6 is 11.6 Å². The smallest absolute Gasteiger partial charge is 0.129 e. The van der Waals surface area contributed by atoms with Gasteiger partial charge in [0.1, 0.15) is 5.82 Å². The molecule has 0 spiro atoms. The average Bonchev–Trinajstić information content (AvgIpc) is 2.21. The number of benzene rings is 1. The first-order chi connectivity index (χ1) is 7.06. The fourth-order valence-corrected chi connectivity index (χ4v) is 1.99. The van der Waals surface area contributed by atoms with Gasteiger partial charge < -0.3 is 0 Å². The molecule has 15 heavy (non-hydrogen) atoms. The fraction of sp³-hybridized carbons (Fsp3) is 0.538. The third kappa shape index (κ3) is 3.20. The van der Waals surface area contributed by atoms with Gasteiger partial charge in [0, 0.05) is 0 Å². The van der Waals surface area contributed by atoms with Gasteiger partial charge in [-0.25, -0.2) is 4.39 Å². The van der Waals surface area contributed by atoms with E-state index in [1.807, 2.05) is 12.1 Å². The van der Waals surface area contributed by atoms with Crippen molar-refractivity contribution >= 4 is 11.6 Å². The quantitative estimate of drug-likeness (QED) is 0.643. The summed E-state index contributed by atoms with van der Waals surface area (Å²) in [4.78, 5) is 0. The zero-order valence-corrected chi connectivity index (χ0v) is 10.4. The number of halogens is 2. The minimum atomic E-state index is -0.113. The molecule has 0 nitrogen and oxygen atoms in total. The Balaban J connectivity index is 2.86. The molecule has 1 aromatic rings. The zero-order valence-electron chi connectivity index (χ0n) is 9.61. The number of hydrogen-bond donors (Lipinski definition) is 0. The summed E-state index contributed by atoms with van der Waals surface area (Å²) in [6.07, 6.45) is 3.22. The number of aryl methyl sites for hydroxylation is 2. The fourth-order valence-electron chi connectivity index (χ4n) is 1.71. The lowest BCUT2D eigenvalue weighted by Gasteiger charge is -2.12. The summed E-state index contributed by atoms with van der Waals surface area (Å²) >= 11 is 6.26. The van der Waals surface area contributed by atoms with Crippen molar-refractivity contribution in [3.05, 3.63) is 34.6 Å². The van der Waals surface area contributed by atoms with Crippen molar-refractivity contribution in [1.82, 2.24) is 0 Å². The average molecular weight is 229 g/mol. The summed E-state index contributed by atoms with van der Waals surface area (Å²) in [7, 11) is 0.